The van der Waals surface area contributed by atoms with Gasteiger partial charge in [-0.15, -0.1) is 0 Å². The maximum absolute atomic E-state index is 14.0. The normalized spacial score (nSPS) is 13.9. The highest BCUT2D eigenvalue weighted by molar-refractivity contribution is 9.10. The molecule has 0 spiro atoms. The highest BCUT2D eigenvalue weighted by atomic mass is 79.9. The molecule has 2 amide bonds. The summed E-state index contributed by atoms with van der Waals surface area (Å²) in [6.07, 6.45) is 7.57. The number of ether oxygens (including phenoxy) is 1. The molecule has 1 saturated carbocycles. The monoisotopic (exact) mass is 593 g/mol. The molecular weight excluding hydrogens is 554 g/mol. The number of aromatic nitrogens is 1. The number of amides is 2. The SMILES string of the molecule is COc1cccc(C(=O)N(CC(=O)N(Cc2cccn2Cc2ccc(Br)cc2)C2CCCCC2)CC(C)C)c1. The summed E-state index contributed by atoms with van der Waals surface area (Å²) in [5, 5.41) is 0. The van der Waals surface area contributed by atoms with Crippen molar-refractivity contribution in [3.63, 3.8) is 0 Å². The number of halogens is 1. The zero-order chi connectivity index (χ0) is 27.8. The Morgan fingerprint density at radius 2 is 1.77 bits per heavy atom. The summed E-state index contributed by atoms with van der Waals surface area (Å²) in [6.45, 7) is 6.01. The molecule has 7 heteroatoms. The van der Waals surface area contributed by atoms with E-state index in [1.165, 1.54) is 12.0 Å². The van der Waals surface area contributed by atoms with Crippen molar-refractivity contribution >= 4 is 27.7 Å². The molecule has 1 aliphatic rings. The number of hydrogen-bond acceptors (Lipinski definition) is 3. The Morgan fingerprint density at radius 1 is 1.03 bits per heavy atom. The highest BCUT2D eigenvalue weighted by Gasteiger charge is 2.29. The third-order valence-corrected chi connectivity index (χ3v) is 7.90. The van der Waals surface area contributed by atoms with E-state index < -0.39 is 0 Å². The molecule has 0 atom stereocenters. The molecule has 0 radical (unpaired) electrons. The number of methoxy groups -OCH3 is 1. The van der Waals surface area contributed by atoms with E-state index in [0.29, 0.717) is 24.4 Å². The van der Waals surface area contributed by atoms with Gasteiger partial charge in [-0.25, -0.2) is 0 Å². The number of rotatable bonds is 11. The van der Waals surface area contributed by atoms with Gasteiger partial charge in [0.15, 0.2) is 0 Å². The summed E-state index contributed by atoms with van der Waals surface area (Å²) in [5.41, 5.74) is 2.85. The maximum Gasteiger partial charge on any atom is 0.254 e. The van der Waals surface area contributed by atoms with Crippen LogP contribution in [0.5, 0.6) is 5.75 Å². The second-order valence-corrected chi connectivity index (χ2v) is 11.8. The number of carbonyl (C=O) groups excluding carboxylic acids is 2. The van der Waals surface area contributed by atoms with E-state index in [1.807, 2.05) is 17.0 Å². The van der Waals surface area contributed by atoms with Crippen LogP contribution in [-0.4, -0.2) is 52.4 Å². The summed E-state index contributed by atoms with van der Waals surface area (Å²) in [5.74, 6) is 0.735. The van der Waals surface area contributed by atoms with Gasteiger partial charge in [0.2, 0.25) is 5.91 Å². The number of carbonyl (C=O) groups is 2. The van der Waals surface area contributed by atoms with E-state index >= 15 is 0 Å². The molecule has 208 valence electrons. The fourth-order valence-electron chi connectivity index (χ4n) is 5.37. The fourth-order valence-corrected chi connectivity index (χ4v) is 5.64. The van der Waals surface area contributed by atoms with Crippen LogP contribution in [0.2, 0.25) is 0 Å². The van der Waals surface area contributed by atoms with Gasteiger partial charge in [0, 0.05) is 41.1 Å². The van der Waals surface area contributed by atoms with Crippen molar-refractivity contribution in [3.8, 4) is 5.75 Å². The summed E-state index contributed by atoms with van der Waals surface area (Å²) in [7, 11) is 1.59. The molecule has 0 N–H and O–H groups in total. The van der Waals surface area contributed by atoms with Crippen LogP contribution in [0.4, 0.5) is 0 Å². The Kier molecular flexibility index (Phi) is 10.3. The molecule has 3 aromatic rings. The van der Waals surface area contributed by atoms with Crippen LogP contribution < -0.4 is 4.74 Å². The molecule has 0 unspecified atom stereocenters. The largest absolute Gasteiger partial charge is 0.497 e. The molecule has 4 rings (SSSR count). The number of hydrogen-bond donors (Lipinski definition) is 0. The van der Waals surface area contributed by atoms with Crippen LogP contribution in [0.1, 0.15) is 67.6 Å². The second kappa shape index (κ2) is 13.8. The first-order valence-corrected chi connectivity index (χ1v) is 14.7. The van der Waals surface area contributed by atoms with E-state index in [1.54, 1.807) is 24.1 Å². The van der Waals surface area contributed by atoms with Crippen LogP contribution in [-0.2, 0) is 17.9 Å². The lowest BCUT2D eigenvalue weighted by Gasteiger charge is -2.36. The van der Waals surface area contributed by atoms with Crippen molar-refractivity contribution in [1.29, 1.82) is 0 Å². The van der Waals surface area contributed by atoms with Gasteiger partial charge in [-0.05, 0) is 66.8 Å². The van der Waals surface area contributed by atoms with E-state index in [0.717, 1.165) is 42.4 Å². The molecule has 6 nitrogen and oxygen atoms in total. The van der Waals surface area contributed by atoms with Gasteiger partial charge in [0.25, 0.3) is 5.91 Å². The third kappa shape index (κ3) is 7.98. The molecule has 1 aliphatic carbocycles. The van der Waals surface area contributed by atoms with Crippen LogP contribution in [0.25, 0.3) is 0 Å². The molecule has 1 fully saturated rings. The molecule has 39 heavy (non-hydrogen) atoms. The minimum absolute atomic E-state index is 0.00943. The zero-order valence-electron chi connectivity index (χ0n) is 23.3. The first-order chi connectivity index (χ1) is 18.8. The first kappa shape index (κ1) is 28.9. The average molecular weight is 595 g/mol. The average Bonchev–Trinajstić information content (AvgIpc) is 3.38. The lowest BCUT2D eigenvalue weighted by atomic mass is 9.94. The summed E-state index contributed by atoms with van der Waals surface area (Å²) >= 11 is 3.51. The van der Waals surface area contributed by atoms with Gasteiger partial charge < -0.3 is 19.1 Å². The fraction of sp³-hybridized carbons (Fsp3) is 0.438. The summed E-state index contributed by atoms with van der Waals surface area (Å²) in [4.78, 5) is 31.3. The Bertz CT molecular complexity index is 1230. The smallest absolute Gasteiger partial charge is 0.254 e. The summed E-state index contributed by atoms with van der Waals surface area (Å²) < 4.78 is 8.61. The lowest BCUT2D eigenvalue weighted by Crippen LogP contribution is -2.48. The Balaban J connectivity index is 1.55. The topological polar surface area (TPSA) is 54.8 Å². The number of benzene rings is 2. The predicted molar refractivity (Wildman–Crippen MR) is 159 cm³/mol. The molecule has 0 aliphatic heterocycles. The van der Waals surface area contributed by atoms with E-state index in [2.05, 4.69) is 76.9 Å². The minimum Gasteiger partial charge on any atom is -0.497 e. The van der Waals surface area contributed by atoms with Gasteiger partial charge in [-0.3, -0.25) is 9.59 Å². The Hall–Kier alpha value is -3.06. The zero-order valence-corrected chi connectivity index (χ0v) is 24.9. The van der Waals surface area contributed by atoms with Crippen LogP contribution in [0, 0.1) is 5.92 Å². The Morgan fingerprint density at radius 3 is 2.46 bits per heavy atom. The molecule has 0 saturated heterocycles. The van der Waals surface area contributed by atoms with Crippen molar-refractivity contribution in [1.82, 2.24) is 14.4 Å². The first-order valence-electron chi connectivity index (χ1n) is 13.9. The van der Waals surface area contributed by atoms with Crippen LogP contribution in [0.3, 0.4) is 0 Å². The van der Waals surface area contributed by atoms with Crippen molar-refractivity contribution in [2.45, 2.75) is 65.1 Å². The molecule has 2 aromatic carbocycles. The minimum atomic E-state index is -0.141. The standard InChI is InChI=1S/C32H40BrN3O3/c1-24(2)20-35(32(38)26-9-7-13-30(19-26)39-3)23-31(37)36(28-10-5-4-6-11-28)22-29-12-8-18-34(29)21-25-14-16-27(33)17-15-25/h7-9,12-19,24,28H,4-6,10-11,20-23H2,1-3H3. The van der Waals surface area contributed by atoms with E-state index in [4.69, 9.17) is 4.74 Å². The van der Waals surface area contributed by atoms with Crippen molar-refractivity contribution in [2.75, 3.05) is 20.2 Å². The molecule has 0 bridgehead atoms. The van der Waals surface area contributed by atoms with Crippen molar-refractivity contribution in [2.24, 2.45) is 5.92 Å². The second-order valence-electron chi connectivity index (χ2n) is 10.9. The summed E-state index contributed by atoms with van der Waals surface area (Å²) in [6, 6.07) is 19.9. The maximum atomic E-state index is 14.0. The van der Waals surface area contributed by atoms with E-state index in [9.17, 15) is 9.59 Å². The molecule has 1 heterocycles. The van der Waals surface area contributed by atoms with E-state index in [-0.39, 0.29) is 30.3 Å². The van der Waals surface area contributed by atoms with Gasteiger partial charge in [-0.2, -0.15) is 0 Å². The van der Waals surface area contributed by atoms with Gasteiger partial charge >= 0.3 is 0 Å². The van der Waals surface area contributed by atoms with Crippen LogP contribution in [0.15, 0.2) is 71.3 Å². The quantitative estimate of drug-likeness (QED) is 0.246. The highest BCUT2D eigenvalue weighted by Crippen LogP contribution is 2.25. The van der Waals surface area contributed by atoms with Crippen molar-refractivity contribution < 1.29 is 14.3 Å². The van der Waals surface area contributed by atoms with Crippen molar-refractivity contribution in [3.05, 3.63) is 88.2 Å². The molecular formula is C32H40BrN3O3. The predicted octanol–water partition coefficient (Wildman–Crippen LogP) is 6.77. The van der Waals surface area contributed by atoms with Gasteiger partial charge in [0.1, 0.15) is 12.3 Å². The molecule has 1 aromatic heterocycles. The van der Waals surface area contributed by atoms with Crippen LogP contribution >= 0.6 is 15.9 Å². The van der Waals surface area contributed by atoms with Gasteiger partial charge in [0.05, 0.1) is 13.7 Å². The Labute approximate surface area is 241 Å². The van der Waals surface area contributed by atoms with Gasteiger partial charge in [-0.1, -0.05) is 67.2 Å². The number of nitrogens with zero attached hydrogens (tertiary/aromatic N) is 3. The third-order valence-electron chi connectivity index (χ3n) is 7.37. The lowest BCUT2D eigenvalue weighted by molar-refractivity contribution is -0.135.